The number of imide groups is 2. The number of carbonyl (C=O) groups excluding carboxylic acids is 3. The highest BCUT2D eigenvalue weighted by atomic mass is 35.5. The molecule has 0 aliphatic carbocycles. The van der Waals surface area contributed by atoms with Crippen LogP contribution in [-0.2, 0) is 9.59 Å². The molecule has 0 unspecified atom stereocenters. The van der Waals surface area contributed by atoms with Crippen LogP contribution in [0.3, 0.4) is 0 Å². The zero-order chi connectivity index (χ0) is 23.9. The minimum atomic E-state index is -0.992. The Morgan fingerprint density at radius 3 is 2.39 bits per heavy atom. The number of nitrogens with zero attached hydrogens (tertiary/aromatic N) is 2. The van der Waals surface area contributed by atoms with Gasteiger partial charge >= 0.3 is 6.03 Å². The number of nitrogens with one attached hydrogen (secondary N) is 1. The molecule has 4 rings (SSSR count). The molecule has 9 nitrogen and oxygen atoms in total. The van der Waals surface area contributed by atoms with E-state index in [2.05, 4.69) is 0 Å². The highest BCUT2D eigenvalue weighted by Crippen LogP contribution is 2.37. The molecule has 4 amide bonds. The maximum atomic E-state index is 13.2. The molecule has 33 heavy (non-hydrogen) atoms. The van der Waals surface area contributed by atoms with Crippen molar-refractivity contribution in [3.8, 4) is 11.3 Å². The van der Waals surface area contributed by atoms with E-state index >= 15 is 0 Å². The predicted molar refractivity (Wildman–Crippen MR) is 116 cm³/mol. The Hall–Kier alpha value is -4.02. The van der Waals surface area contributed by atoms with Crippen LogP contribution < -0.4 is 10.2 Å². The first-order chi connectivity index (χ1) is 15.7. The van der Waals surface area contributed by atoms with Crippen LogP contribution in [-0.4, -0.2) is 22.8 Å². The first-order valence-electron chi connectivity index (χ1n) is 9.06. The van der Waals surface area contributed by atoms with Gasteiger partial charge < -0.3 is 4.42 Å². The lowest BCUT2D eigenvalue weighted by atomic mass is 10.1. The average molecular weight is 490 g/mol. The van der Waals surface area contributed by atoms with Crippen LogP contribution in [0.15, 0.2) is 58.5 Å². The Kier molecular flexibility index (Phi) is 5.71. The lowest BCUT2D eigenvalue weighted by molar-refractivity contribution is -0.384. The fourth-order valence-corrected chi connectivity index (χ4v) is 3.61. The third kappa shape index (κ3) is 4.21. The highest BCUT2D eigenvalue weighted by molar-refractivity contribution is 6.39. The van der Waals surface area contributed by atoms with E-state index in [-0.39, 0.29) is 38.5 Å². The van der Waals surface area contributed by atoms with Crippen LogP contribution in [0.5, 0.6) is 0 Å². The quantitative estimate of drug-likeness (QED) is 0.239. The van der Waals surface area contributed by atoms with E-state index in [9.17, 15) is 28.9 Å². The molecular formula is C21H10Cl2FN3O6. The molecule has 0 spiro atoms. The SMILES string of the molecule is O=C1NC(=O)N(c2ccc(F)cc2)C(=O)/C1=C/c1ccc(-c2cc([N+](=O)[O-])c(Cl)cc2Cl)o1. The summed E-state index contributed by atoms with van der Waals surface area (Å²) in [7, 11) is 0. The molecule has 0 saturated carbocycles. The van der Waals surface area contributed by atoms with E-state index in [0.29, 0.717) is 4.90 Å². The summed E-state index contributed by atoms with van der Waals surface area (Å²) in [6.07, 6.45) is 1.10. The molecule has 2 aromatic carbocycles. The summed E-state index contributed by atoms with van der Waals surface area (Å²) in [4.78, 5) is 48.5. The highest BCUT2D eigenvalue weighted by Gasteiger charge is 2.37. The van der Waals surface area contributed by atoms with Crippen molar-refractivity contribution in [3.05, 3.63) is 85.8 Å². The number of nitro groups is 1. The Bertz CT molecular complexity index is 1370. The number of amides is 4. The summed E-state index contributed by atoms with van der Waals surface area (Å²) in [6, 6.07) is 8.70. The summed E-state index contributed by atoms with van der Waals surface area (Å²) in [5.74, 6) is -2.33. The van der Waals surface area contributed by atoms with Gasteiger partial charge in [-0.2, -0.15) is 0 Å². The minimum absolute atomic E-state index is 0.0329. The Morgan fingerprint density at radius 2 is 1.73 bits per heavy atom. The van der Waals surface area contributed by atoms with E-state index in [1.54, 1.807) is 0 Å². The number of benzene rings is 2. The number of carbonyl (C=O) groups is 3. The molecule has 2 heterocycles. The number of hydrogen-bond acceptors (Lipinski definition) is 6. The molecule has 1 aliphatic rings. The molecule has 3 aromatic rings. The smallest absolute Gasteiger partial charge is 0.335 e. The fourth-order valence-electron chi connectivity index (χ4n) is 3.07. The van der Waals surface area contributed by atoms with Gasteiger partial charge in [-0.25, -0.2) is 14.1 Å². The van der Waals surface area contributed by atoms with Gasteiger partial charge in [-0.3, -0.25) is 25.0 Å². The van der Waals surface area contributed by atoms with Crippen LogP contribution in [0.4, 0.5) is 20.6 Å². The molecule has 1 fully saturated rings. The number of nitro benzene ring substituents is 1. The lowest BCUT2D eigenvalue weighted by Crippen LogP contribution is -2.54. The minimum Gasteiger partial charge on any atom is -0.457 e. The second-order valence-corrected chi connectivity index (χ2v) is 7.49. The topological polar surface area (TPSA) is 123 Å². The van der Waals surface area contributed by atoms with Crippen molar-refractivity contribution in [3.63, 3.8) is 0 Å². The number of barbiturate groups is 1. The van der Waals surface area contributed by atoms with Crippen molar-refractivity contribution in [1.82, 2.24) is 5.32 Å². The van der Waals surface area contributed by atoms with Gasteiger partial charge in [0, 0.05) is 11.6 Å². The predicted octanol–water partition coefficient (Wildman–Crippen LogP) is 4.97. The first-order valence-corrected chi connectivity index (χ1v) is 9.82. The van der Waals surface area contributed by atoms with Crippen LogP contribution in [0.2, 0.25) is 10.0 Å². The van der Waals surface area contributed by atoms with E-state index in [1.807, 2.05) is 5.32 Å². The maximum Gasteiger partial charge on any atom is 0.335 e. The van der Waals surface area contributed by atoms with E-state index < -0.39 is 34.2 Å². The van der Waals surface area contributed by atoms with Crippen LogP contribution in [0.1, 0.15) is 5.76 Å². The van der Waals surface area contributed by atoms with Crippen molar-refractivity contribution < 1.29 is 28.1 Å². The summed E-state index contributed by atoms with van der Waals surface area (Å²) < 4.78 is 18.8. The average Bonchev–Trinajstić information content (AvgIpc) is 3.20. The third-order valence-electron chi connectivity index (χ3n) is 4.60. The second-order valence-electron chi connectivity index (χ2n) is 6.68. The van der Waals surface area contributed by atoms with Gasteiger partial charge in [0.05, 0.1) is 15.6 Å². The Balaban J connectivity index is 1.70. The van der Waals surface area contributed by atoms with Crippen LogP contribution >= 0.6 is 23.2 Å². The summed E-state index contributed by atoms with van der Waals surface area (Å²) in [5.41, 5.74) is -0.590. The molecule has 1 aliphatic heterocycles. The monoisotopic (exact) mass is 489 g/mol. The normalized spacial score (nSPS) is 15.2. The number of furan rings is 1. The van der Waals surface area contributed by atoms with Gasteiger partial charge in [0.15, 0.2) is 0 Å². The van der Waals surface area contributed by atoms with Gasteiger partial charge in [-0.05, 0) is 48.5 Å². The number of hydrogen-bond donors (Lipinski definition) is 1. The zero-order valence-corrected chi connectivity index (χ0v) is 17.7. The summed E-state index contributed by atoms with van der Waals surface area (Å²) in [6.45, 7) is 0. The van der Waals surface area contributed by atoms with Crippen molar-refractivity contribution in [2.75, 3.05) is 4.90 Å². The van der Waals surface area contributed by atoms with Gasteiger partial charge in [0.1, 0.15) is 27.9 Å². The number of rotatable bonds is 4. The van der Waals surface area contributed by atoms with Crippen molar-refractivity contribution in [2.24, 2.45) is 0 Å². The van der Waals surface area contributed by atoms with Gasteiger partial charge in [-0.15, -0.1) is 0 Å². The number of urea groups is 1. The van der Waals surface area contributed by atoms with Gasteiger partial charge in [0.2, 0.25) is 0 Å². The van der Waals surface area contributed by atoms with Gasteiger partial charge in [-0.1, -0.05) is 23.2 Å². The van der Waals surface area contributed by atoms with Crippen LogP contribution in [0.25, 0.3) is 17.4 Å². The largest absolute Gasteiger partial charge is 0.457 e. The molecule has 1 N–H and O–H groups in total. The fraction of sp³-hybridized carbons (Fsp3) is 0. The maximum absolute atomic E-state index is 13.2. The standard InChI is InChI=1S/C21H10Cl2FN3O6/c22-15-9-16(23)17(27(31)32)8-13(15)18-6-5-12(33-18)7-14-19(28)25-21(30)26(20(14)29)11-3-1-10(24)2-4-11/h1-9H,(H,25,28,30)/b14-7+. The molecule has 0 atom stereocenters. The Morgan fingerprint density at radius 1 is 1.03 bits per heavy atom. The van der Waals surface area contributed by atoms with Gasteiger partial charge in [0.25, 0.3) is 17.5 Å². The molecule has 1 saturated heterocycles. The molecule has 12 heteroatoms. The Labute approximate surface area is 194 Å². The molecule has 0 radical (unpaired) electrons. The van der Waals surface area contributed by atoms with E-state index in [1.165, 1.54) is 30.3 Å². The molecule has 166 valence electrons. The van der Waals surface area contributed by atoms with Crippen molar-refractivity contribution in [2.45, 2.75) is 0 Å². The molecule has 1 aromatic heterocycles. The lowest BCUT2D eigenvalue weighted by Gasteiger charge is -2.26. The summed E-state index contributed by atoms with van der Waals surface area (Å²) >= 11 is 12.0. The van der Waals surface area contributed by atoms with Crippen molar-refractivity contribution >= 4 is 58.5 Å². The van der Waals surface area contributed by atoms with E-state index in [4.69, 9.17) is 27.6 Å². The van der Waals surface area contributed by atoms with E-state index in [0.717, 1.165) is 24.3 Å². The van der Waals surface area contributed by atoms with Crippen molar-refractivity contribution in [1.29, 1.82) is 0 Å². The third-order valence-corrected chi connectivity index (χ3v) is 5.21. The molecule has 0 bridgehead atoms. The first kappa shape index (κ1) is 22.2. The number of halogens is 3. The second kappa shape index (κ2) is 8.49. The zero-order valence-electron chi connectivity index (χ0n) is 16.2. The number of anilines is 1. The van der Waals surface area contributed by atoms with Crippen LogP contribution in [0, 0.1) is 15.9 Å². The summed E-state index contributed by atoms with van der Waals surface area (Å²) in [5, 5.41) is 13.1. The molecular weight excluding hydrogens is 480 g/mol.